The van der Waals surface area contributed by atoms with Crippen molar-refractivity contribution >= 4 is 38.1 Å². The van der Waals surface area contributed by atoms with Crippen molar-refractivity contribution in [1.29, 1.82) is 0 Å². The smallest absolute Gasteiger partial charge is 0.322 e. The number of aliphatic carboxylic acids is 1. The molecule has 0 saturated heterocycles. The number of benzene rings is 1. The lowest BCUT2D eigenvalue weighted by Crippen LogP contribution is -2.35. The summed E-state index contributed by atoms with van der Waals surface area (Å²) in [6.07, 6.45) is 1.18. The molecule has 0 heterocycles. The Bertz CT molecular complexity index is 320. The summed E-state index contributed by atoms with van der Waals surface area (Å²) in [6.45, 7) is 0. The SMILES string of the molecule is O=C(O)C(Cc1ccccc1)N(I)CP. The van der Waals surface area contributed by atoms with Gasteiger partial charge in [-0.3, -0.25) is 4.79 Å². The van der Waals surface area contributed by atoms with Gasteiger partial charge in [-0.2, -0.15) is 0 Å². The van der Waals surface area contributed by atoms with Crippen LogP contribution in [0.15, 0.2) is 30.3 Å². The molecule has 1 aromatic rings. The summed E-state index contributed by atoms with van der Waals surface area (Å²) in [5, 5.41) is 9.08. The van der Waals surface area contributed by atoms with Gasteiger partial charge in [0, 0.05) is 29.2 Å². The lowest BCUT2D eigenvalue weighted by Gasteiger charge is -2.20. The fraction of sp³-hybridized carbons (Fsp3) is 0.300. The second-order valence-corrected chi connectivity index (χ2v) is 4.73. The molecule has 1 aromatic carbocycles. The summed E-state index contributed by atoms with van der Waals surface area (Å²) in [5.74, 6) is -0.782. The Balaban J connectivity index is 2.71. The number of carboxylic acids is 1. The number of halogens is 1. The molecule has 1 rings (SSSR count). The lowest BCUT2D eigenvalue weighted by atomic mass is 10.1. The van der Waals surface area contributed by atoms with Crippen LogP contribution in [0.2, 0.25) is 0 Å². The Hall–Kier alpha value is -0.190. The highest BCUT2D eigenvalue weighted by Crippen LogP contribution is 2.14. The average Bonchev–Trinajstić information content (AvgIpc) is 2.26. The van der Waals surface area contributed by atoms with Crippen LogP contribution in [0.25, 0.3) is 0 Å². The van der Waals surface area contributed by atoms with Crippen molar-refractivity contribution in [3.63, 3.8) is 0 Å². The Labute approximate surface area is 106 Å². The van der Waals surface area contributed by atoms with E-state index in [0.717, 1.165) is 5.56 Å². The van der Waals surface area contributed by atoms with E-state index in [1.807, 2.05) is 53.2 Å². The van der Waals surface area contributed by atoms with Crippen LogP contribution < -0.4 is 0 Å². The average molecular weight is 337 g/mol. The maximum absolute atomic E-state index is 11.0. The molecular weight excluding hydrogens is 324 g/mol. The highest BCUT2D eigenvalue weighted by Gasteiger charge is 2.22. The van der Waals surface area contributed by atoms with E-state index in [9.17, 15) is 4.79 Å². The third-order valence-corrected chi connectivity index (χ3v) is 4.27. The normalized spacial score (nSPS) is 12.7. The molecule has 0 radical (unpaired) electrons. The Morgan fingerprint density at radius 1 is 1.47 bits per heavy atom. The molecule has 2 unspecified atom stereocenters. The van der Waals surface area contributed by atoms with Crippen LogP contribution >= 0.6 is 32.1 Å². The van der Waals surface area contributed by atoms with Crippen molar-refractivity contribution in [1.82, 2.24) is 3.11 Å². The van der Waals surface area contributed by atoms with Gasteiger partial charge in [0.05, 0.1) is 0 Å². The number of hydrogen-bond acceptors (Lipinski definition) is 2. The van der Waals surface area contributed by atoms with Crippen molar-refractivity contribution in [2.24, 2.45) is 0 Å². The summed E-state index contributed by atoms with van der Waals surface area (Å²) < 4.78 is 1.78. The largest absolute Gasteiger partial charge is 0.480 e. The first kappa shape index (κ1) is 12.9. The minimum atomic E-state index is -0.782. The molecule has 2 atom stereocenters. The Kier molecular flexibility index (Phi) is 5.50. The molecule has 0 bridgehead atoms. The highest BCUT2D eigenvalue weighted by atomic mass is 127. The van der Waals surface area contributed by atoms with Gasteiger partial charge in [0.1, 0.15) is 6.04 Å². The minimum absolute atomic E-state index is 0.467. The fourth-order valence-corrected chi connectivity index (χ4v) is 1.96. The summed E-state index contributed by atoms with van der Waals surface area (Å²) in [6, 6.07) is 9.20. The second kappa shape index (κ2) is 6.40. The van der Waals surface area contributed by atoms with Gasteiger partial charge in [0.2, 0.25) is 0 Å². The number of hydrogen-bond donors (Lipinski definition) is 1. The second-order valence-electron chi connectivity index (χ2n) is 3.13. The van der Waals surface area contributed by atoms with Gasteiger partial charge < -0.3 is 5.11 Å². The lowest BCUT2D eigenvalue weighted by molar-refractivity contribution is -0.140. The summed E-state index contributed by atoms with van der Waals surface area (Å²) in [4.78, 5) is 11.0. The van der Waals surface area contributed by atoms with E-state index in [-0.39, 0.29) is 0 Å². The first-order valence-electron chi connectivity index (χ1n) is 4.54. The van der Waals surface area contributed by atoms with E-state index in [4.69, 9.17) is 5.11 Å². The number of carboxylic acid groups (broad SMARTS) is 1. The predicted molar refractivity (Wildman–Crippen MR) is 72.0 cm³/mol. The van der Waals surface area contributed by atoms with Gasteiger partial charge in [-0.25, -0.2) is 3.11 Å². The van der Waals surface area contributed by atoms with E-state index < -0.39 is 12.0 Å². The zero-order valence-corrected chi connectivity index (χ0v) is 11.4. The van der Waals surface area contributed by atoms with Crippen molar-refractivity contribution in [3.05, 3.63) is 35.9 Å². The predicted octanol–water partition coefficient (Wildman–Crippen LogP) is 2.17. The van der Waals surface area contributed by atoms with Gasteiger partial charge in [-0.05, 0) is 12.0 Å². The molecule has 0 aliphatic carbocycles. The van der Waals surface area contributed by atoms with Crippen LogP contribution in [-0.2, 0) is 11.2 Å². The molecule has 5 heteroatoms. The van der Waals surface area contributed by atoms with Crippen LogP contribution in [0, 0.1) is 0 Å². The Morgan fingerprint density at radius 3 is 2.53 bits per heavy atom. The van der Waals surface area contributed by atoms with Gasteiger partial charge in [-0.1, -0.05) is 30.3 Å². The molecule has 0 saturated carbocycles. The molecule has 0 amide bonds. The Morgan fingerprint density at radius 2 is 2.07 bits per heavy atom. The minimum Gasteiger partial charge on any atom is -0.480 e. The molecular formula is C10H13INO2P. The van der Waals surface area contributed by atoms with Crippen molar-refractivity contribution in [2.75, 3.05) is 6.29 Å². The zero-order valence-electron chi connectivity index (χ0n) is 8.14. The van der Waals surface area contributed by atoms with Gasteiger partial charge in [0.25, 0.3) is 0 Å². The maximum Gasteiger partial charge on any atom is 0.322 e. The third-order valence-electron chi connectivity index (χ3n) is 2.07. The number of carbonyl (C=O) groups is 1. The van der Waals surface area contributed by atoms with E-state index >= 15 is 0 Å². The van der Waals surface area contributed by atoms with Gasteiger partial charge in [-0.15, -0.1) is 9.24 Å². The van der Waals surface area contributed by atoms with Crippen molar-refractivity contribution in [2.45, 2.75) is 12.5 Å². The third kappa shape index (κ3) is 4.05. The first-order chi connectivity index (χ1) is 7.15. The molecule has 0 aliphatic rings. The molecule has 0 aliphatic heterocycles. The summed E-state index contributed by atoms with van der Waals surface area (Å²) in [5.41, 5.74) is 1.05. The van der Waals surface area contributed by atoms with Gasteiger partial charge >= 0.3 is 5.97 Å². The molecule has 0 spiro atoms. The molecule has 82 valence electrons. The van der Waals surface area contributed by atoms with Crippen molar-refractivity contribution < 1.29 is 9.90 Å². The van der Waals surface area contributed by atoms with Gasteiger partial charge in [0.15, 0.2) is 0 Å². The van der Waals surface area contributed by atoms with E-state index in [0.29, 0.717) is 12.7 Å². The topological polar surface area (TPSA) is 40.5 Å². The molecule has 0 aromatic heterocycles. The number of rotatable bonds is 5. The van der Waals surface area contributed by atoms with Crippen LogP contribution in [0.1, 0.15) is 5.56 Å². The van der Waals surface area contributed by atoms with Crippen LogP contribution in [0.3, 0.4) is 0 Å². The highest BCUT2D eigenvalue weighted by molar-refractivity contribution is 14.1. The quantitative estimate of drug-likeness (QED) is 0.509. The molecule has 15 heavy (non-hydrogen) atoms. The van der Waals surface area contributed by atoms with E-state index in [1.165, 1.54) is 0 Å². The van der Waals surface area contributed by atoms with Crippen LogP contribution in [0.5, 0.6) is 0 Å². The summed E-state index contributed by atoms with van der Waals surface area (Å²) >= 11 is 2.04. The summed E-state index contributed by atoms with van der Waals surface area (Å²) in [7, 11) is 2.53. The van der Waals surface area contributed by atoms with Crippen molar-refractivity contribution in [3.8, 4) is 0 Å². The van der Waals surface area contributed by atoms with Crippen LogP contribution in [0.4, 0.5) is 0 Å². The zero-order chi connectivity index (χ0) is 11.3. The van der Waals surface area contributed by atoms with Crippen LogP contribution in [-0.4, -0.2) is 26.5 Å². The number of nitrogens with zero attached hydrogens (tertiary/aromatic N) is 1. The van der Waals surface area contributed by atoms with E-state index in [2.05, 4.69) is 9.24 Å². The standard InChI is InChI=1S/C10H13INO2P/c11-12(7-15)9(10(13)14)6-8-4-2-1-3-5-8/h1-5,9H,6-7,15H2,(H,13,14). The fourth-order valence-electron chi connectivity index (χ4n) is 1.27. The molecule has 0 fully saturated rings. The maximum atomic E-state index is 11.0. The first-order valence-corrected chi connectivity index (χ1v) is 6.32. The molecule has 1 N–H and O–H groups in total. The monoisotopic (exact) mass is 337 g/mol. The van der Waals surface area contributed by atoms with E-state index in [1.54, 1.807) is 3.11 Å². The molecule has 3 nitrogen and oxygen atoms in total.